The number of hydrogen-bond acceptors (Lipinski definition) is 2. The highest BCUT2D eigenvalue weighted by Crippen LogP contribution is 2.25. The van der Waals surface area contributed by atoms with E-state index in [4.69, 9.17) is 0 Å². The summed E-state index contributed by atoms with van der Waals surface area (Å²) in [5.41, 5.74) is 2.31. The molecule has 2 nitrogen and oxygen atoms in total. The number of ketones is 2. The maximum Gasteiger partial charge on any atom is 0.189 e. The summed E-state index contributed by atoms with van der Waals surface area (Å²) in [5.74, 6) is -0.00310. The number of hydrogen-bond donors (Lipinski definition) is 0. The Bertz CT molecular complexity index is 448. The Morgan fingerprint density at radius 1 is 0.889 bits per heavy atom. The number of unbranched alkanes of at least 4 members (excludes halogenated alkanes) is 3. The van der Waals surface area contributed by atoms with Crippen LogP contribution in [0, 0.1) is 0 Å². The van der Waals surface area contributed by atoms with Crippen molar-refractivity contribution >= 4 is 11.6 Å². The highest BCUT2D eigenvalue weighted by molar-refractivity contribution is 6.25. The van der Waals surface area contributed by atoms with Crippen LogP contribution >= 0.6 is 0 Å². The average molecular weight is 246 g/mol. The Morgan fingerprint density at radius 3 is 2.11 bits per heavy atom. The van der Waals surface area contributed by atoms with Crippen molar-refractivity contribution in [3.8, 4) is 0 Å². The standard InChI is InChI=1S/C16H22O2/c1-5-6-7-8-9-10-14-13(4)15(17)11(2)12(3)16(14)18/h9-10H,5-8H2,1-4H3/b10-9-. The normalized spacial score (nSPS) is 17.3. The summed E-state index contributed by atoms with van der Waals surface area (Å²) in [6, 6.07) is 0. The molecule has 1 rings (SSSR count). The molecule has 0 unspecified atom stereocenters. The molecule has 0 saturated heterocycles. The average Bonchev–Trinajstić information content (AvgIpc) is 2.37. The molecular formula is C16H22O2. The third kappa shape index (κ3) is 3.06. The smallest absolute Gasteiger partial charge is 0.189 e. The number of allylic oxidation sites excluding steroid dienone is 6. The first-order valence-corrected chi connectivity index (χ1v) is 6.65. The van der Waals surface area contributed by atoms with Crippen LogP contribution in [0.3, 0.4) is 0 Å². The minimum Gasteiger partial charge on any atom is -0.289 e. The second-order valence-electron chi connectivity index (χ2n) is 4.85. The maximum atomic E-state index is 12.1. The number of carbonyl (C=O) groups excluding carboxylic acids is 2. The van der Waals surface area contributed by atoms with Crippen molar-refractivity contribution in [2.45, 2.75) is 53.4 Å². The molecule has 98 valence electrons. The van der Waals surface area contributed by atoms with Crippen LogP contribution in [0.15, 0.2) is 34.4 Å². The molecule has 0 radical (unpaired) electrons. The van der Waals surface area contributed by atoms with E-state index in [9.17, 15) is 9.59 Å². The van der Waals surface area contributed by atoms with E-state index in [1.165, 1.54) is 12.8 Å². The van der Waals surface area contributed by atoms with Crippen LogP contribution in [0.5, 0.6) is 0 Å². The van der Waals surface area contributed by atoms with Gasteiger partial charge in [-0.3, -0.25) is 9.59 Å². The highest BCUT2D eigenvalue weighted by atomic mass is 16.1. The summed E-state index contributed by atoms with van der Waals surface area (Å²) in [5, 5.41) is 0. The van der Waals surface area contributed by atoms with Crippen molar-refractivity contribution in [2.24, 2.45) is 0 Å². The lowest BCUT2D eigenvalue weighted by Gasteiger charge is -2.16. The van der Waals surface area contributed by atoms with Crippen LogP contribution < -0.4 is 0 Å². The minimum atomic E-state index is -0.00339. The summed E-state index contributed by atoms with van der Waals surface area (Å²) in [6.45, 7) is 7.35. The van der Waals surface area contributed by atoms with Gasteiger partial charge in [0.1, 0.15) is 0 Å². The first kappa shape index (κ1) is 14.6. The molecule has 18 heavy (non-hydrogen) atoms. The van der Waals surface area contributed by atoms with Crippen LogP contribution in [-0.4, -0.2) is 11.6 Å². The molecule has 0 saturated carbocycles. The van der Waals surface area contributed by atoms with Gasteiger partial charge in [-0.05, 0) is 33.6 Å². The van der Waals surface area contributed by atoms with Gasteiger partial charge in [0.15, 0.2) is 11.6 Å². The zero-order valence-corrected chi connectivity index (χ0v) is 11.8. The van der Waals surface area contributed by atoms with Crippen LogP contribution in [0.2, 0.25) is 0 Å². The lowest BCUT2D eigenvalue weighted by Crippen LogP contribution is -2.19. The molecule has 0 aromatic rings. The van der Waals surface area contributed by atoms with E-state index in [0.29, 0.717) is 22.3 Å². The molecule has 0 spiro atoms. The van der Waals surface area contributed by atoms with Gasteiger partial charge in [0, 0.05) is 22.3 Å². The van der Waals surface area contributed by atoms with Gasteiger partial charge >= 0.3 is 0 Å². The van der Waals surface area contributed by atoms with Gasteiger partial charge in [-0.2, -0.15) is 0 Å². The summed E-state index contributed by atoms with van der Waals surface area (Å²) in [7, 11) is 0. The molecule has 2 heteroatoms. The molecule has 0 aromatic carbocycles. The minimum absolute atomic E-state index is 0.000285. The fourth-order valence-electron chi connectivity index (χ4n) is 2.03. The van der Waals surface area contributed by atoms with Crippen LogP contribution in [0.4, 0.5) is 0 Å². The molecule has 0 bridgehead atoms. The predicted octanol–water partition coefficient (Wildman–Crippen LogP) is 3.93. The largest absolute Gasteiger partial charge is 0.289 e. The number of carbonyl (C=O) groups is 2. The van der Waals surface area contributed by atoms with Gasteiger partial charge in [0.2, 0.25) is 0 Å². The third-order valence-corrected chi connectivity index (χ3v) is 3.49. The molecule has 0 aliphatic heterocycles. The van der Waals surface area contributed by atoms with Gasteiger partial charge in [-0.1, -0.05) is 31.9 Å². The monoisotopic (exact) mass is 246 g/mol. The fraction of sp³-hybridized carbons (Fsp3) is 0.500. The van der Waals surface area contributed by atoms with Gasteiger partial charge in [-0.25, -0.2) is 0 Å². The SMILES string of the molecule is CCCCC/C=C\C1=C(C)C(=O)C(C)=C(C)C1=O. The van der Waals surface area contributed by atoms with Crippen LogP contribution in [0.25, 0.3) is 0 Å². The first-order valence-electron chi connectivity index (χ1n) is 6.65. The van der Waals surface area contributed by atoms with Crippen LogP contribution in [0.1, 0.15) is 53.4 Å². The zero-order valence-electron chi connectivity index (χ0n) is 11.8. The molecule has 0 N–H and O–H groups in total. The van der Waals surface area contributed by atoms with E-state index in [1.807, 2.05) is 12.2 Å². The van der Waals surface area contributed by atoms with E-state index < -0.39 is 0 Å². The lowest BCUT2D eigenvalue weighted by atomic mass is 9.86. The number of rotatable bonds is 5. The third-order valence-electron chi connectivity index (χ3n) is 3.49. The number of Topliss-reactive ketones (excluding diaryl/α,β-unsaturated/α-hetero) is 2. The Kier molecular flexibility index (Phi) is 5.26. The van der Waals surface area contributed by atoms with E-state index in [0.717, 1.165) is 12.8 Å². The molecule has 0 amide bonds. The van der Waals surface area contributed by atoms with Gasteiger partial charge < -0.3 is 0 Å². The second kappa shape index (κ2) is 6.48. The Hall–Kier alpha value is -1.44. The predicted molar refractivity (Wildman–Crippen MR) is 74.4 cm³/mol. The summed E-state index contributed by atoms with van der Waals surface area (Å²) >= 11 is 0. The highest BCUT2D eigenvalue weighted by Gasteiger charge is 2.25. The first-order chi connectivity index (χ1) is 8.50. The van der Waals surface area contributed by atoms with Crippen molar-refractivity contribution < 1.29 is 9.59 Å². The van der Waals surface area contributed by atoms with Crippen LogP contribution in [-0.2, 0) is 9.59 Å². The molecule has 0 heterocycles. The van der Waals surface area contributed by atoms with E-state index in [-0.39, 0.29) is 11.6 Å². The van der Waals surface area contributed by atoms with Crippen molar-refractivity contribution in [3.63, 3.8) is 0 Å². The summed E-state index contributed by atoms with van der Waals surface area (Å²) < 4.78 is 0. The zero-order chi connectivity index (χ0) is 13.7. The summed E-state index contributed by atoms with van der Waals surface area (Å²) in [4.78, 5) is 24.0. The van der Waals surface area contributed by atoms with Crippen molar-refractivity contribution in [2.75, 3.05) is 0 Å². The molecule has 0 atom stereocenters. The topological polar surface area (TPSA) is 34.1 Å². The fourth-order valence-corrected chi connectivity index (χ4v) is 2.03. The van der Waals surface area contributed by atoms with Crippen molar-refractivity contribution in [1.82, 2.24) is 0 Å². The second-order valence-corrected chi connectivity index (χ2v) is 4.85. The van der Waals surface area contributed by atoms with E-state index in [1.54, 1.807) is 20.8 Å². The molecule has 0 fully saturated rings. The van der Waals surface area contributed by atoms with Gasteiger partial charge in [0.25, 0.3) is 0 Å². The molecule has 1 aliphatic rings. The molecular weight excluding hydrogens is 224 g/mol. The van der Waals surface area contributed by atoms with Gasteiger partial charge in [0.05, 0.1) is 0 Å². The molecule has 1 aliphatic carbocycles. The van der Waals surface area contributed by atoms with Crippen molar-refractivity contribution in [3.05, 3.63) is 34.4 Å². The Balaban J connectivity index is 2.82. The van der Waals surface area contributed by atoms with E-state index in [2.05, 4.69) is 6.92 Å². The lowest BCUT2D eigenvalue weighted by molar-refractivity contribution is -0.116. The van der Waals surface area contributed by atoms with E-state index >= 15 is 0 Å². The summed E-state index contributed by atoms with van der Waals surface area (Å²) in [6.07, 6.45) is 8.32. The maximum absolute atomic E-state index is 12.1. The van der Waals surface area contributed by atoms with Crippen molar-refractivity contribution in [1.29, 1.82) is 0 Å². The molecule has 0 aromatic heterocycles. The quantitative estimate of drug-likeness (QED) is 0.544. The Morgan fingerprint density at radius 2 is 1.50 bits per heavy atom. The Labute approximate surface area is 109 Å². The van der Waals surface area contributed by atoms with Gasteiger partial charge in [-0.15, -0.1) is 0 Å².